The summed E-state index contributed by atoms with van der Waals surface area (Å²) in [6.07, 6.45) is 3.45. The number of ether oxygens (including phenoxy) is 1. The normalized spacial score (nSPS) is 17.3. The first-order valence-corrected chi connectivity index (χ1v) is 9.18. The molecule has 0 bridgehead atoms. The van der Waals surface area contributed by atoms with Crippen molar-refractivity contribution in [3.63, 3.8) is 0 Å². The van der Waals surface area contributed by atoms with Gasteiger partial charge in [-0.1, -0.05) is 18.2 Å². The Morgan fingerprint density at radius 1 is 1.38 bits per heavy atom. The molecule has 1 aromatic carbocycles. The second kappa shape index (κ2) is 12.8. The number of likely N-dealkylation sites (tertiary alicyclic amines) is 1. The first-order chi connectivity index (χ1) is 12.2. The van der Waals surface area contributed by atoms with E-state index in [1.54, 1.807) is 0 Å². The Bertz CT molecular complexity index is 554. The van der Waals surface area contributed by atoms with Crippen molar-refractivity contribution in [1.29, 1.82) is 0 Å². The zero-order valence-corrected chi connectivity index (χ0v) is 17.9. The summed E-state index contributed by atoms with van der Waals surface area (Å²) < 4.78 is 5.70. The van der Waals surface area contributed by atoms with Gasteiger partial charge in [-0.2, -0.15) is 0 Å². The summed E-state index contributed by atoms with van der Waals surface area (Å²) in [6, 6.07) is 9.83. The van der Waals surface area contributed by atoms with E-state index < -0.39 is 0 Å². The Morgan fingerprint density at radius 3 is 2.85 bits per heavy atom. The predicted molar refractivity (Wildman–Crippen MR) is 116 cm³/mol. The van der Waals surface area contributed by atoms with E-state index in [2.05, 4.69) is 17.1 Å². The number of amides is 1. The van der Waals surface area contributed by atoms with Gasteiger partial charge in [0.25, 0.3) is 0 Å². The minimum absolute atomic E-state index is 0. The molecule has 1 amide bonds. The molecule has 0 aromatic heterocycles. The molecular weight excluding hydrogens is 443 g/mol. The number of hydrogen-bond acceptors (Lipinski definition) is 3. The highest BCUT2D eigenvalue weighted by atomic mass is 127. The second-order valence-electron chi connectivity index (χ2n) is 6.38. The summed E-state index contributed by atoms with van der Waals surface area (Å²) in [5.74, 6) is 1.93. The molecule has 0 spiro atoms. The number of nitrogens with zero attached hydrogens (tertiary/aromatic N) is 2. The van der Waals surface area contributed by atoms with Crippen molar-refractivity contribution in [2.45, 2.75) is 32.6 Å². The molecule has 1 aromatic rings. The Hall–Kier alpha value is -1.51. The number of guanidine groups is 1. The topological polar surface area (TPSA) is 80.0 Å². The van der Waals surface area contributed by atoms with E-state index in [-0.39, 0.29) is 29.9 Å². The number of primary amides is 1. The monoisotopic (exact) mass is 474 g/mol. The van der Waals surface area contributed by atoms with Gasteiger partial charge in [0.15, 0.2) is 5.96 Å². The standard InChI is InChI=1S/C19H30N4O2.HI/c1-2-21-19(23-12-6-8-16(15-23)14-18(20)24)22-11-7-13-25-17-9-4-3-5-10-17;/h3-5,9-10,16H,2,6-8,11-15H2,1H3,(H2,20,24)(H,21,22);1H. The van der Waals surface area contributed by atoms with E-state index in [0.29, 0.717) is 25.5 Å². The lowest BCUT2D eigenvalue weighted by Gasteiger charge is -2.34. The lowest BCUT2D eigenvalue weighted by molar-refractivity contribution is -0.119. The van der Waals surface area contributed by atoms with Gasteiger partial charge in [-0.05, 0) is 37.8 Å². The van der Waals surface area contributed by atoms with Crippen LogP contribution in [0.2, 0.25) is 0 Å². The van der Waals surface area contributed by atoms with Crippen LogP contribution in [0, 0.1) is 5.92 Å². The fourth-order valence-electron chi connectivity index (χ4n) is 3.09. The van der Waals surface area contributed by atoms with Gasteiger partial charge in [0.2, 0.25) is 5.91 Å². The van der Waals surface area contributed by atoms with Crippen molar-refractivity contribution >= 4 is 35.8 Å². The van der Waals surface area contributed by atoms with Gasteiger partial charge in [-0.15, -0.1) is 24.0 Å². The molecule has 1 unspecified atom stereocenters. The average molecular weight is 474 g/mol. The zero-order chi connectivity index (χ0) is 17.9. The average Bonchev–Trinajstić information content (AvgIpc) is 2.61. The third kappa shape index (κ3) is 8.25. The lowest BCUT2D eigenvalue weighted by Crippen LogP contribution is -2.47. The molecule has 6 nitrogen and oxygen atoms in total. The van der Waals surface area contributed by atoms with Gasteiger partial charge >= 0.3 is 0 Å². The van der Waals surface area contributed by atoms with Crippen LogP contribution in [0.15, 0.2) is 35.3 Å². The van der Waals surface area contributed by atoms with Crippen LogP contribution in [0.1, 0.15) is 32.6 Å². The van der Waals surface area contributed by atoms with Crippen LogP contribution in [0.3, 0.4) is 0 Å². The number of nitrogens with one attached hydrogen (secondary N) is 1. The Morgan fingerprint density at radius 2 is 2.15 bits per heavy atom. The van der Waals surface area contributed by atoms with Crippen LogP contribution >= 0.6 is 24.0 Å². The van der Waals surface area contributed by atoms with Gasteiger partial charge < -0.3 is 20.7 Å². The van der Waals surface area contributed by atoms with E-state index in [0.717, 1.165) is 50.6 Å². The second-order valence-corrected chi connectivity index (χ2v) is 6.38. The van der Waals surface area contributed by atoms with Crippen molar-refractivity contribution < 1.29 is 9.53 Å². The third-order valence-electron chi connectivity index (χ3n) is 4.22. The molecule has 0 radical (unpaired) electrons. The number of carbonyl (C=O) groups excluding carboxylic acids is 1. The molecule has 0 saturated carbocycles. The summed E-state index contributed by atoms with van der Waals surface area (Å²) >= 11 is 0. The Balaban J connectivity index is 0.00000338. The fraction of sp³-hybridized carbons (Fsp3) is 0.579. The lowest BCUT2D eigenvalue weighted by atomic mass is 9.95. The van der Waals surface area contributed by atoms with Crippen molar-refractivity contribution in [3.8, 4) is 5.75 Å². The van der Waals surface area contributed by atoms with Crippen LogP contribution in [0.4, 0.5) is 0 Å². The van der Waals surface area contributed by atoms with Crippen LogP contribution in [-0.2, 0) is 4.79 Å². The minimum Gasteiger partial charge on any atom is -0.494 e. The quantitative estimate of drug-likeness (QED) is 0.263. The molecule has 2 rings (SSSR count). The first-order valence-electron chi connectivity index (χ1n) is 9.18. The number of halogens is 1. The number of nitrogens with two attached hydrogens (primary N) is 1. The van der Waals surface area contributed by atoms with Gasteiger partial charge in [0, 0.05) is 39.0 Å². The molecule has 1 heterocycles. The van der Waals surface area contributed by atoms with Crippen molar-refractivity contribution in [2.24, 2.45) is 16.6 Å². The maximum atomic E-state index is 11.2. The van der Waals surface area contributed by atoms with Crippen molar-refractivity contribution in [1.82, 2.24) is 10.2 Å². The largest absolute Gasteiger partial charge is 0.494 e. The number of aliphatic imine (C=N–C) groups is 1. The molecule has 1 fully saturated rings. The molecule has 26 heavy (non-hydrogen) atoms. The molecule has 1 aliphatic rings. The molecule has 7 heteroatoms. The van der Waals surface area contributed by atoms with E-state index in [1.807, 2.05) is 30.3 Å². The van der Waals surface area contributed by atoms with Gasteiger partial charge in [-0.3, -0.25) is 9.79 Å². The summed E-state index contributed by atoms with van der Waals surface area (Å²) in [4.78, 5) is 18.1. The molecule has 146 valence electrons. The Kier molecular flexibility index (Phi) is 11.1. The number of benzene rings is 1. The van der Waals surface area contributed by atoms with E-state index in [1.165, 1.54) is 0 Å². The van der Waals surface area contributed by atoms with E-state index in [9.17, 15) is 4.79 Å². The smallest absolute Gasteiger partial charge is 0.217 e. The van der Waals surface area contributed by atoms with Gasteiger partial charge in [0.1, 0.15) is 5.75 Å². The SMILES string of the molecule is CCNC(=NCCCOc1ccccc1)N1CCCC(CC(N)=O)C1.I. The number of hydrogen-bond donors (Lipinski definition) is 2. The maximum Gasteiger partial charge on any atom is 0.217 e. The van der Waals surface area contributed by atoms with Crippen molar-refractivity contribution in [2.75, 3.05) is 32.8 Å². The van der Waals surface area contributed by atoms with Gasteiger partial charge in [-0.25, -0.2) is 0 Å². The predicted octanol–water partition coefficient (Wildman–Crippen LogP) is 2.63. The van der Waals surface area contributed by atoms with Crippen LogP contribution in [-0.4, -0.2) is 49.6 Å². The minimum atomic E-state index is -0.216. The molecule has 1 aliphatic heterocycles. The molecular formula is C19H31IN4O2. The molecule has 3 N–H and O–H groups in total. The van der Waals surface area contributed by atoms with Crippen molar-refractivity contribution in [3.05, 3.63) is 30.3 Å². The molecule has 1 saturated heterocycles. The van der Waals surface area contributed by atoms with Crippen LogP contribution in [0.25, 0.3) is 0 Å². The van der Waals surface area contributed by atoms with Crippen LogP contribution < -0.4 is 15.8 Å². The van der Waals surface area contributed by atoms with Crippen LogP contribution in [0.5, 0.6) is 5.75 Å². The highest BCUT2D eigenvalue weighted by Crippen LogP contribution is 2.19. The summed E-state index contributed by atoms with van der Waals surface area (Å²) in [5, 5.41) is 3.35. The molecule has 1 atom stereocenters. The third-order valence-corrected chi connectivity index (χ3v) is 4.22. The molecule has 0 aliphatic carbocycles. The van der Waals surface area contributed by atoms with E-state index in [4.69, 9.17) is 15.5 Å². The number of piperidine rings is 1. The summed E-state index contributed by atoms with van der Waals surface area (Å²) in [5.41, 5.74) is 5.35. The summed E-state index contributed by atoms with van der Waals surface area (Å²) in [7, 11) is 0. The zero-order valence-electron chi connectivity index (χ0n) is 15.5. The maximum absolute atomic E-state index is 11.2. The number of carbonyl (C=O) groups is 1. The highest BCUT2D eigenvalue weighted by molar-refractivity contribution is 14.0. The summed E-state index contributed by atoms with van der Waals surface area (Å²) in [6.45, 7) is 6.08. The number of para-hydroxylation sites is 1. The van der Waals surface area contributed by atoms with E-state index >= 15 is 0 Å². The highest BCUT2D eigenvalue weighted by Gasteiger charge is 2.23. The number of rotatable bonds is 8. The fourth-order valence-corrected chi connectivity index (χ4v) is 3.09. The van der Waals surface area contributed by atoms with Gasteiger partial charge in [0.05, 0.1) is 6.61 Å². The first kappa shape index (κ1) is 22.5. The Labute approximate surface area is 173 Å².